The maximum atomic E-state index is 12.9. The van der Waals surface area contributed by atoms with Crippen LogP contribution in [0.4, 0.5) is 10.5 Å². The molecule has 174 valence electrons. The van der Waals surface area contributed by atoms with Crippen molar-refractivity contribution in [1.29, 1.82) is 0 Å². The van der Waals surface area contributed by atoms with Gasteiger partial charge >= 0.3 is 6.03 Å². The predicted molar refractivity (Wildman–Crippen MR) is 127 cm³/mol. The number of hydrogen-bond donors (Lipinski definition) is 2. The molecule has 2 aromatic carbocycles. The Kier molecular flexibility index (Phi) is 5.43. The molecule has 2 heterocycles. The zero-order valence-electron chi connectivity index (χ0n) is 18.9. The molecule has 0 bridgehead atoms. The number of benzene rings is 2. The number of amides is 4. The summed E-state index contributed by atoms with van der Waals surface area (Å²) < 4.78 is 6.03. The molecule has 1 spiro atoms. The van der Waals surface area contributed by atoms with Crippen LogP contribution >= 0.6 is 0 Å². The Morgan fingerprint density at radius 1 is 1.18 bits per heavy atom. The van der Waals surface area contributed by atoms with Gasteiger partial charge in [-0.1, -0.05) is 31.0 Å². The number of para-hydroxylation sites is 1. The van der Waals surface area contributed by atoms with Crippen LogP contribution in [0, 0.1) is 12.8 Å². The lowest BCUT2D eigenvalue weighted by atomic mass is 9.71. The monoisotopic (exact) mass is 458 g/mol. The smallest absolute Gasteiger partial charge is 0.329 e. The fourth-order valence-electron chi connectivity index (χ4n) is 5.33. The zero-order chi connectivity index (χ0) is 23.9. The van der Waals surface area contributed by atoms with Gasteiger partial charge < -0.3 is 10.5 Å². The largest absolute Gasteiger partial charge is 0.489 e. The van der Waals surface area contributed by atoms with Gasteiger partial charge in [-0.05, 0) is 56.2 Å². The van der Waals surface area contributed by atoms with E-state index in [-0.39, 0.29) is 0 Å². The average molecular weight is 459 g/mol. The van der Waals surface area contributed by atoms with Crippen molar-refractivity contribution in [3.63, 3.8) is 0 Å². The van der Waals surface area contributed by atoms with Gasteiger partial charge in [-0.25, -0.2) is 4.79 Å². The Morgan fingerprint density at radius 2 is 1.94 bits per heavy atom. The molecule has 1 aliphatic carbocycles. The highest BCUT2D eigenvalue weighted by atomic mass is 16.5. The third kappa shape index (κ3) is 3.55. The number of rotatable bonds is 5. The number of urea groups is 1. The molecule has 1 saturated carbocycles. The number of imide groups is 1. The number of nitrogens with two attached hydrogens (primary N) is 1. The van der Waals surface area contributed by atoms with Crippen LogP contribution in [0.5, 0.6) is 5.75 Å². The van der Waals surface area contributed by atoms with Crippen molar-refractivity contribution in [2.45, 2.75) is 44.8 Å². The Hall–Kier alpha value is -3.94. The first kappa shape index (κ1) is 21.9. The van der Waals surface area contributed by atoms with E-state index < -0.39 is 29.3 Å². The van der Waals surface area contributed by atoms with Crippen molar-refractivity contribution in [3.8, 4) is 5.75 Å². The highest BCUT2D eigenvalue weighted by Gasteiger charge is 2.60. The molecule has 5 rings (SSSR count). The van der Waals surface area contributed by atoms with Gasteiger partial charge in [-0.15, -0.1) is 0 Å². The second-order valence-corrected chi connectivity index (χ2v) is 8.94. The number of hydrogen-bond acceptors (Lipinski definition) is 5. The summed E-state index contributed by atoms with van der Waals surface area (Å²) in [4.78, 5) is 43.9. The topological polar surface area (TPSA) is 115 Å². The Morgan fingerprint density at radius 3 is 2.71 bits per heavy atom. The molecule has 3 N–H and O–H groups in total. The number of aromatic nitrogens is 1. The summed E-state index contributed by atoms with van der Waals surface area (Å²) in [7, 11) is 0. The molecule has 2 unspecified atom stereocenters. The molecule has 1 aromatic heterocycles. The summed E-state index contributed by atoms with van der Waals surface area (Å²) in [6.07, 6.45) is 2.40. The van der Waals surface area contributed by atoms with E-state index in [1.165, 1.54) is 4.90 Å². The van der Waals surface area contributed by atoms with Gasteiger partial charge in [0, 0.05) is 22.3 Å². The van der Waals surface area contributed by atoms with Crippen LogP contribution in [-0.2, 0) is 16.2 Å². The quantitative estimate of drug-likeness (QED) is 0.567. The van der Waals surface area contributed by atoms with Gasteiger partial charge in [0.1, 0.15) is 17.9 Å². The molecule has 8 heteroatoms. The molecule has 2 fully saturated rings. The summed E-state index contributed by atoms with van der Waals surface area (Å²) in [5.74, 6) is -1.13. The van der Waals surface area contributed by atoms with Crippen molar-refractivity contribution in [2.75, 3.05) is 4.90 Å². The minimum Gasteiger partial charge on any atom is -0.489 e. The summed E-state index contributed by atoms with van der Waals surface area (Å²) in [5, 5.41) is 3.43. The predicted octanol–water partition coefficient (Wildman–Crippen LogP) is 3.59. The molecule has 8 nitrogen and oxygen atoms in total. The van der Waals surface area contributed by atoms with Crippen molar-refractivity contribution in [1.82, 2.24) is 10.3 Å². The van der Waals surface area contributed by atoms with Crippen LogP contribution in [0.1, 0.15) is 36.9 Å². The number of carbonyl (C=O) groups excluding carboxylic acids is 3. The van der Waals surface area contributed by atoms with Gasteiger partial charge in [0.15, 0.2) is 0 Å². The normalized spacial score (nSPS) is 22.3. The molecule has 34 heavy (non-hydrogen) atoms. The van der Waals surface area contributed by atoms with E-state index in [0.29, 0.717) is 30.9 Å². The van der Waals surface area contributed by atoms with E-state index in [0.717, 1.165) is 35.0 Å². The Bertz CT molecular complexity index is 1290. The fraction of sp³-hybridized carbons (Fsp3) is 0.308. The fourth-order valence-corrected chi connectivity index (χ4v) is 5.33. The van der Waals surface area contributed by atoms with Crippen molar-refractivity contribution >= 4 is 34.4 Å². The van der Waals surface area contributed by atoms with Gasteiger partial charge in [0.2, 0.25) is 5.91 Å². The van der Waals surface area contributed by atoms with Crippen molar-refractivity contribution < 1.29 is 19.1 Å². The molecule has 2 atom stereocenters. The average Bonchev–Trinajstić information content (AvgIpc) is 3.07. The number of primary amides is 1. The van der Waals surface area contributed by atoms with Crippen LogP contribution in [0.25, 0.3) is 10.9 Å². The minimum atomic E-state index is -1.28. The lowest BCUT2D eigenvalue weighted by molar-refractivity contribution is -0.134. The number of nitrogens with zero attached hydrogens (tertiary/aromatic N) is 2. The standard InChI is InChI=1S/C26H26N4O4/c1-16-14-17(20-6-2-3-8-22(20)28-16)15-34-19-11-9-18(10-12-19)30-25(33)29-24(32)26(30)13-5-4-7-21(26)23(27)31/h2-3,6,8-12,14,21H,4-5,7,13,15H2,1H3,(H2,27,31)(H,29,32,33). The first-order valence-corrected chi connectivity index (χ1v) is 11.4. The van der Waals surface area contributed by atoms with E-state index >= 15 is 0 Å². The van der Waals surface area contributed by atoms with Crippen LogP contribution in [-0.4, -0.2) is 28.4 Å². The van der Waals surface area contributed by atoms with Crippen LogP contribution in [0.15, 0.2) is 54.6 Å². The van der Waals surface area contributed by atoms with Gasteiger partial charge in [0.05, 0.1) is 11.4 Å². The number of nitrogens with one attached hydrogen (secondary N) is 1. The Labute approximate surface area is 197 Å². The second-order valence-electron chi connectivity index (χ2n) is 8.94. The highest BCUT2D eigenvalue weighted by molar-refractivity contribution is 6.18. The van der Waals surface area contributed by atoms with Crippen LogP contribution in [0.3, 0.4) is 0 Å². The molecule has 1 saturated heterocycles. The highest BCUT2D eigenvalue weighted by Crippen LogP contribution is 2.44. The number of carbonyl (C=O) groups is 3. The third-order valence-corrected chi connectivity index (χ3v) is 6.86. The molecule has 0 radical (unpaired) electrons. The molecular weight excluding hydrogens is 432 g/mol. The SMILES string of the molecule is Cc1cc(COc2ccc(N3C(=O)NC(=O)C34CCCCC4C(N)=O)cc2)c2ccccc2n1. The molecular formula is C26H26N4O4. The van der Waals surface area contributed by atoms with Crippen LogP contribution < -0.4 is 20.7 Å². The number of anilines is 1. The number of ether oxygens (including phenoxy) is 1. The van der Waals surface area contributed by atoms with Gasteiger partial charge in [-0.3, -0.25) is 24.8 Å². The van der Waals surface area contributed by atoms with Gasteiger partial charge in [-0.2, -0.15) is 0 Å². The van der Waals surface area contributed by atoms with Crippen LogP contribution in [0.2, 0.25) is 0 Å². The van der Waals surface area contributed by atoms with E-state index in [9.17, 15) is 14.4 Å². The van der Waals surface area contributed by atoms with Crippen molar-refractivity contribution in [3.05, 3.63) is 65.9 Å². The first-order valence-electron chi connectivity index (χ1n) is 11.4. The molecule has 2 aliphatic rings. The van der Waals surface area contributed by atoms with Gasteiger partial charge in [0.25, 0.3) is 5.91 Å². The lowest BCUT2D eigenvalue weighted by Gasteiger charge is -2.42. The third-order valence-electron chi connectivity index (χ3n) is 6.86. The molecule has 1 aliphatic heterocycles. The summed E-state index contributed by atoms with van der Waals surface area (Å²) in [6, 6.07) is 16.4. The minimum absolute atomic E-state index is 0.361. The maximum absolute atomic E-state index is 12.9. The molecule has 3 aromatic rings. The zero-order valence-corrected chi connectivity index (χ0v) is 18.9. The van der Waals surface area contributed by atoms with E-state index in [2.05, 4.69) is 10.3 Å². The van der Waals surface area contributed by atoms with E-state index in [1.54, 1.807) is 24.3 Å². The lowest BCUT2D eigenvalue weighted by Crippen LogP contribution is -2.60. The van der Waals surface area contributed by atoms with Crippen molar-refractivity contribution in [2.24, 2.45) is 11.7 Å². The Balaban J connectivity index is 1.40. The summed E-state index contributed by atoms with van der Waals surface area (Å²) in [5.41, 5.74) is 7.76. The second kappa shape index (κ2) is 8.44. The summed E-state index contributed by atoms with van der Waals surface area (Å²) >= 11 is 0. The summed E-state index contributed by atoms with van der Waals surface area (Å²) in [6.45, 7) is 2.31. The first-order chi connectivity index (χ1) is 16.4. The number of aryl methyl sites for hydroxylation is 1. The maximum Gasteiger partial charge on any atom is 0.329 e. The number of fused-ring (bicyclic) bond motifs is 1. The van der Waals surface area contributed by atoms with E-state index in [4.69, 9.17) is 10.5 Å². The number of pyridine rings is 1. The van der Waals surface area contributed by atoms with E-state index in [1.807, 2.05) is 37.3 Å². The molecule has 4 amide bonds.